The first kappa shape index (κ1) is 17.4. The summed E-state index contributed by atoms with van der Waals surface area (Å²) < 4.78 is 15.3. The van der Waals surface area contributed by atoms with Crippen LogP contribution < -0.4 is 4.74 Å². The fraction of sp³-hybridized carbons (Fsp3) is 0.533. The maximum Gasteiger partial charge on any atom is 0.303 e. The van der Waals surface area contributed by atoms with Gasteiger partial charge in [-0.05, 0) is 30.5 Å². The van der Waals surface area contributed by atoms with Crippen LogP contribution >= 0.6 is 0 Å². The molecule has 1 N–H and O–H groups in total. The fourth-order valence-electron chi connectivity index (χ4n) is 2.00. The molecule has 0 saturated heterocycles. The summed E-state index contributed by atoms with van der Waals surface area (Å²) in [5, 5.41) is 9.96. The molecule has 0 radical (unpaired) electrons. The molecule has 1 atom stereocenters. The van der Waals surface area contributed by atoms with E-state index < -0.39 is 0 Å². The van der Waals surface area contributed by atoms with Crippen LogP contribution in [-0.2, 0) is 20.6 Å². The average Bonchev–Trinajstić information content (AvgIpc) is 2.48. The van der Waals surface area contributed by atoms with Gasteiger partial charge in [-0.1, -0.05) is 19.4 Å². The minimum atomic E-state index is -0.383. The van der Waals surface area contributed by atoms with Gasteiger partial charge in [0, 0.05) is 7.11 Å². The van der Waals surface area contributed by atoms with Gasteiger partial charge in [0.15, 0.2) is 11.5 Å². The van der Waals surface area contributed by atoms with Gasteiger partial charge in [0.1, 0.15) is 0 Å². The van der Waals surface area contributed by atoms with E-state index in [1.807, 2.05) is 6.07 Å². The van der Waals surface area contributed by atoms with Crippen molar-refractivity contribution >= 4 is 13.5 Å². The second kappa shape index (κ2) is 9.29. The zero-order valence-electron chi connectivity index (χ0n) is 12.9. The normalized spacial score (nSPS) is 11.8. The molecule has 0 aromatic heterocycles. The lowest BCUT2D eigenvalue weighted by molar-refractivity contribution is -0.140. The van der Waals surface area contributed by atoms with Crippen molar-refractivity contribution in [3.05, 3.63) is 23.8 Å². The smallest absolute Gasteiger partial charge is 0.303 e. The van der Waals surface area contributed by atoms with Gasteiger partial charge >= 0.3 is 5.97 Å². The third-order valence-corrected chi connectivity index (χ3v) is 3.16. The number of carbonyl (C=O) groups excluding carboxylic acids is 1. The van der Waals surface area contributed by atoms with Gasteiger partial charge in [0.25, 0.3) is 7.48 Å². The van der Waals surface area contributed by atoms with Gasteiger partial charge < -0.3 is 19.2 Å². The number of aromatic hydroxyl groups is 1. The number of hydrogen-bond acceptors (Lipinski definition) is 5. The Hall–Kier alpha value is -1.69. The van der Waals surface area contributed by atoms with Crippen LogP contribution in [0.15, 0.2) is 18.2 Å². The monoisotopic (exact) mass is 294 g/mol. The summed E-state index contributed by atoms with van der Waals surface area (Å²) in [6.45, 7) is 2.66. The third kappa shape index (κ3) is 5.67. The molecular weight excluding hydrogens is 271 g/mol. The summed E-state index contributed by atoms with van der Waals surface area (Å²) in [4.78, 5) is 11.6. The van der Waals surface area contributed by atoms with E-state index in [2.05, 4.69) is 6.92 Å². The van der Waals surface area contributed by atoms with Crippen molar-refractivity contribution in [3.8, 4) is 11.5 Å². The summed E-state index contributed by atoms with van der Waals surface area (Å²) in [5.74, 6) is -0.149. The molecule has 0 spiro atoms. The number of carbonyl (C=O) groups is 1. The highest BCUT2D eigenvalue weighted by Crippen LogP contribution is 2.28. The molecule has 0 bridgehead atoms. The van der Waals surface area contributed by atoms with E-state index >= 15 is 0 Å². The molecule has 5 nitrogen and oxygen atoms in total. The first-order chi connectivity index (χ1) is 10.1. The van der Waals surface area contributed by atoms with Crippen molar-refractivity contribution in [1.29, 1.82) is 0 Å². The van der Waals surface area contributed by atoms with Gasteiger partial charge in [-0.15, -0.1) is 0 Å². The van der Waals surface area contributed by atoms with Crippen molar-refractivity contribution in [2.45, 2.75) is 32.0 Å². The number of phenols is 1. The second-order valence-electron chi connectivity index (χ2n) is 4.88. The van der Waals surface area contributed by atoms with E-state index in [4.69, 9.17) is 14.1 Å². The Bertz CT molecular complexity index is 450. The van der Waals surface area contributed by atoms with E-state index in [1.165, 1.54) is 14.2 Å². The number of ether oxygens (including phenoxy) is 2. The highest BCUT2D eigenvalue weighted by atomic mass is 16.5. The number of rotatable bonds is 9. The lowest BCUT2D eigenvalue weighted by atomic mass is 9.76. The Morgan fingerprint density at radius 1 is 1.38 bits per heavy atom. The van der Waals surface area contributed by atoms with E-state index in [1.54, 1.807) is 12.1 Å². The van der Waals surface area contributed by atoms with Crippen LogP contribution in [0.1, 0.15) is 25.3 Å². The molecule has 6 heteroatoms. The molecule has 0 amide bonds. The van der Waals surface area contributed by atoms with Crippen LogP contribution in [0.4, 0.5) is 0 Å². The minimum Gasteiger partial charge on any atom is -0.504 e. The van der Waals surface area contributed by atoms with Crippen LogP contribution in [0.5, 0.6) is 11.5 Å². The molecular formula is C15H23BO5. The Balaban J connectivity index is 2.70. The number of methoxy groups -OCH3 is 1. The average molecular weight is 294 g/mol. The summed E-state index contributed by atoms with van der Waals surface area (Å²) in [6.07, 6.45) is 2.43. The van der Waals surface area contributed by atoms with E-state index in [0.29, 0.717) is 18.8 Å². The molecule has 0 aliphatic rings. The minimum absolute atomic E-state index is 0.0876. The maximum absolute atomic E-state index is 11.6. The molecule has 21 heavy (non-hydrogen) atoms. The topological polar surface area (TPSA) is 65.0 Å². The Labute approximate surface area is 126 Å². The quantitative estimate of drug-likeness (QED) is 0.429. The number of esters is 1. The largest absolute Gasteiger partial charge is 0.504 e. The van der Waals surface area contributed by atoms with Crippen molar-refractivity contribution in [2.24, 2.45) is 0 Å². The summed E-state index contributed by atoms with van der Waals surface area (Å²) in [6, 6.07) is 5.18. The highest BCUT2D eigenvalue weighted by Gasteiger charge is 2.22. The lowest BCUT2D eigenvalue weighted by Crippen LogP contribution is -2.20. The first-order valence-corrected chi connectivity index (χ1v) is 7.13. The molecule has 1 aromatic rings. The number of hydrogen-bond donors (Lipinski definition) is 1. The fourth-order valence-corrected chi connectivity index (χ4v) is 2.00. The zero-order valence-corrected chi connectivity index (χ0v) is 12.9. The predicted octanol–water partition coefficient (Wildman–Crippen LogP) is 2.07. The summed E-state index contributed by atoms with van der Waals surface area (Å²) >= 11 is 0. The molecule has 0 saturated carbocycles. The van der Waals surface area contributed by atoms with Gasteiger partial charge in [-0.25, -0.2) is 0 Å². The molecule has 1 aromatic carbocycles. The maximum atomic E-state index is 11.6. The van der Waals surface area contributed by atoms with Gasteiger partial charge in [-0.3, -0.25) is 4.79 Å². The molecule has 1 rings (SSSR count). The number of benzene rings is 1. The highest BCUT2D eigenvalue weighted by molar-refractivity contribution is 6.36. The number of phenolic OH excluding ortho intramolecular Hbond substituents is 1. The molecule has 0 aliphatic heterocycles. The van der Waals surface area contributed by atoms with Gasteiger partial charge in [0.05, 0.1) is 19.5 Å². The van der Waals surface area contributed by atoms with Crippen LogP contribution in [0.3, 0.4) is 0 Å². The molecule has 0 unspecified atom stereocenters. The third-order valence-electron chi connectivity index (χ3n) is 3.16. The Kier molecular flexibility index (Phi) is 7.68. The van der Waals surface area contributed by atoms with Crippen LogP contribution in [0, 0.1) is 0 Å². The van der Waals surface area contributed by atoms with Crippen molar-refractivity contribution in [2.75, 3.05) is 20.8 Å². The molecule has 116 valence electrons. The number of unbranched alkanes of at least 4 members (excludes halogenated alkanes) is 1. The van der Waals surface area contributed by atoms with Crippen molar-refractivity contribution in [1.82, 2.24) is 0 Å². The molecule has 0 aliphatic carbocycles. The summed E-state index contributed by atoms with van der Waals surface area (Å²) in [7, 11) is 3.17. The Morgan fingerprint density at radius 3 is 2.71 bits per heavy atom. The SMILES string of the molecule is CCCCOc1ccc(C[C@H](BOC)C(=O)OC)cc1O. The van der Waals surface area contributed by atoms with Crippen molar-refractivity contribution < 1.29 is 24.0 Å². The van der Waals surface area contributed by atoms with Gasteiger partial charge in [-0.2, -0.15) is 0 Å². The van der Waals surface area contributed by atoms with Crippen molar-refractivity contribution in [3.63, 3.8) is 0 Å². The molecule has 0 fully saturated rings. The lowest BCUT2D eigenvalue weighted by Gasteiger charge is -2.14. The van der Waals surface area contributed by atoms with Crippen LogP contribution in [0.2, 0.25) is 5.82 Å². The van der Waals surface area contributed by atoms with Crippen LogP contribution in [-0.4, -0.2) is 39.4 Å². The second-order valence-corrected chi connectivity index (χ2v) is 4.88. The van der Waals surface area contributed by atoms with E-state index in [-0.39, 0.29) is 25.0 Å². The summed E-state index contributed by atoms with van der Waals surface area (Å²) in [5.41, 5.74) is 0.836. The predicted molar refractivity (Wildman–Crippen MR) is 82.1 cm³/mol. The zero-order chi connectivity index (χ0) is 15.7. The van der Waals surface area contributed by atoms with E-state index in [9.17, 15) is 9.90 Å². The standard InChI is InChI=1S/C15H23BO5/c1-4-5-8-21-14-7-6-11(10-13(14)17)9-12(16-20-3)15(18)19-2/h6-7,10,12,16-17H,4-5,8-9H2,1-3H3/t12-/m0/s1. The molecule has 0 heterocycles. The Morgan fingerprint density at radius 2 is 2.14 bits per heavy atom. The van der Waals surface area contributed by atoms with E-state index in [0.717, 1.165) is 18.4 Å². The first-order valence-electron chi connectivity index (χ1n) is 7.13. The van der Waals surface area contributed by atoms with Crippen LogP contribution in [0.25, 0.3) is 0 Å². The van der Waals surface area contributed by atoms with Gasteiger partial charge in [0.2, 0.25) is 0 Å².